The van der Waals surface area contributed by atoms with E-state index >= 15 is 0 Å². The van der Waals surface area contributed by atoms with Gasteiger partial charge in [0.25, 0.3) is 0 Å². The van der Waals surface area contributed by atoms with Crippen molar-refractivity contribution in [3.05, 3.63) is 30.6 Å². The predicted octanol–water partition coefficient (Wildman–Crippen LogP) is 1.78. The Morgan fingerprint density at radius 2 is 2.29 bits per heavy atom. The Kier molecular flexibility index (Phi) is 5.44. The van der Waals surface area contributed by atoms with E-state index in [1.54, 1.807) is 0 Å². The highest BCUT2D eigenvalue weighted by atomic mass is 32.2. The Hall–Kier alpha value is -2.22. The topological polar surface area (TPSA) is 85.9 Å². The fourth-order valence-electron chi connectivity index (χ4n) is 1.61. The maximum atomic E-state index is 11.8. The molecule has 8 heteroatoms. The minimum atomic E-state index is -0.218. The van der Waals surface area contributed by atoms with Crippen molar-refractivity contribution in [1.82, 2.24) is 20.5 Å². The number of rotatable bonds is 6. The number of thioether (sulfide) groups is 1. The summed E-state index contributed by atoms with van der Waals surface area (Å²) in [6.07, 6.45) is 1.46. The van der Waals surface area contributed by atoms with Crippen molar-refractivity contribution in [2.45, 2.75) is 5.16 Å². The fraction of sp³-hybridized carbons (Fsp3) is 0.308. The fourth-order valence-corrected chi connectivity index (χ4v) is 2.25. The highest BCUT2D eigenvalue weighted by Gasteiger charge is 2.03. The van der Waals surface area contributed by atoms with Crippen molar-refractivity contribution in [2.24, 2.45) is 0 Å². The summed E-state index contributed by atoms with van der Waals surface area (Å²) < 4.78 is 0. The average molecular weight is 306 g/mol. The van der Waals surface area contributed by atoms with Gasteiger partial charge in [-0.15, -0.1) is 0 Å². The van der Waals surface area contributed by atoms with Crippen LogP contribution in [-0.4, -0.2) is 47.6 Å². The summed E-state index contributed by atoms with van der Waals surface area (Å²) >= 11 is 1.50. The molecule has 0 saturated carbocycles. The number of aromatic amines is 1. The number of carbonyl (C=O) groups excluding carboxylic acids is 1. The van der Waals surface area contributed by atoms with Gasteiger partial charge in [-0.05, 0) is 18.2 Å². The smallest absolute Gasteiger partial charge is 0.319 e. The SMILES string of the molecule is CN(C)c1cccc(NC(=O)NCCSc2ncn[nH]2)c1. The first-order valence-electron chi connectivity index (χ1n) is 6.45. The van der Waals surface area contributed by atoms with Crippen LogP contribution >= 0.6 is 11.8 Å². The zero-order valence-corrected chi connectivity index (χ0v) is 12.8. The number of carbonyl (C=O) groups is 1. The van der Waals surface area contributed by atoms with Gasteiger partial charge in [0.05, 0.1) is 0 Å². The molecule has 0 unspecified atom stereocenters. The molecule has 112 valence electrons. The Labute approximate surface area is 127 Å². The van der Waals surface area contributed by atoms with E-state index in [4.69, 9.17) is 0 Å². The second kappa shape index (κ2) is 7.53. The number of benzene rings is 1. The first kappa shape index (κ1) is 15.2. The van der Waals surface area contributed by atoms with Crippen LogP contribution in [0.3, 0.4) is 0 Å². The maximum Gasteiger partial charge on any atom is 0.319 e. The van der Waals surface area contributed by atoms with E-state index < -0.39 is 0 Å². The van der Waals surface area contributed by atoms with Crippen molar-refractivity contribution in [2.75, 3.05) is 36.6 Å². The molecule has 1 aromatic heterocycles. The van der Waals surface area contributed by atoms with Crippen LogP contribution in [0.2, 0.25) is 0 Å². The Balaban J connectivity index is 1.72. The summed E-state index contributed by atoms with van der Waals surface area (Å²) in [5, 5.41) is 12.9. The summed E-state index contributed by atoms with van der Waals surface area (Å²) in [4.78, 5) is 17.7. The molecule has 7 nitrogen and oxygen atoms in total. The van der Waals surface area contributed by atoms with Gasteiger partial charge >= 0.3 is 6.03 Å². The molecule has 0 aliphatic carbocycles. The highest BCUT2D eigenvalue weighted by molar-refractivity contribution is 7.99. The van der Waals surface area contributed by atoms with Crippen molar-refractivity contribution < 1.29 is 4.79 Å². The quantitative estimate of drug-likeness (QED) is 0.559. The van der Waals surface area contributed by atoms with E-state index in [0.29, 0.717) is 6.54 Å². The Morgan fingerprint density at radius 1 is 1.43 bits per heavy atom. The molecule has 0 bridgehead atoms. The normalized spacial score (nSPS) is 10.2. The third kappa shape index (κ3) is 4.99. The number of nitrogens with zero attached hydrogens (tertiary/aromatic N) is 3. The maximum absolute atomic E-state index is 11.8. The first-order chi connectivity index (χ1) is 10.1. The Morgan fingerprint density at radius 3 is 3.00 bits per heavy atom. The van der Waals surface area contributed by atoms with Crippen LogP contribution in [0.1, 0.15) is 0 Å². The lowest BCUT2D eigenvalue weighted by Crippen LogP contribution is -2.30. The summed E-state index contributed by atoms with van der Waals surface area (Å²) in [6, 6.07) is 7.45. The van der Waals surface area contributed by atoms with E-state index in [1.165, 1.54) is 18.1 Å². The molecule has 3 N–H and O–H groups in total. The second-order valence-electron chi connectivity index (χ2n) is 4.46. The number of amides is 2. The molecule has 2 aromatic rings. The summed E-state index contributed by atoms with van der Waals surface area (Å²) in [7, 11) is 3.92. The zero-order chi connectivity index (χ0) is 15.1. The molecule has 21 heavy (non-hydrogen) atoms. The van der Waals surface area contributed by atoms with Crippen LogP contribution in [0.4, 0.5) is 16.2 Å². The predicted molar refractivity (Wildman–Crippen MR) is 84.9 cm³/mol. The van der Waals surface area contributed by atoms with Gasteiger partial charge in [0.15, 0.2) is 5.16 Å². The van der Waals surface area contributed by atoms with E-state index in [-0.39, 0.29) is 6.03 Å². The lowest BCUT2D eigenvalue weighted by Gasteiger charge is -2.14. The van der Waals surface area contributed by atoms with Gasteiger partial charge in [0.1, 0.15) is 6.33 Å². The number of hydrogen-bond acceptors (Lipinski definition) is 5. The molecule has 1 aromatic carbocycles. The van der Waals surface area contributed by atoms with Crippen molar-refractivity contribution in [3.8, 4) is 0 Å². The van der Waals surface area contributed by atoms with Crippen LogP contribution in [0, 0.1) is 0 Å². The standard InChI is InChI=1S/C13H18N6OS/c1-19(2)11-5-3-4-10(8-11)17-12(20)14-6-7-21-13-15-9-16-18-13/h3-5,8-9H,6-7H2,1-2H3,(H2,14,17,20)(H,15,16,18). The molecule has 2 rings (SSSR count). The van der Waals surface area contributed by atoms with Crippen molar-refractivity contribution in [3.63, 3.8) is 0 Å². The molecule has 2 amide bonds. The molecule has 0 fully saturated rings. The summed E-state index contributed by atoms with van der Waals surface area (Å²) in [5.41, 5.74) is 1.80. The van der Waals surface area contributed by atoms with Crippen molar-refractivity contribution in [1.29, 1.82) is 0 Å². The van der Waals surface area contributed by atoms with E-state index in [2.05, 4.69) is 25.8 Å². The van der Waals surface area contributed by atoms with Crippen LogP contribution in [-0.2, 0) is 0 Å². The Bertz CT molecular complexity index is 572. The highest BCUT2D eigenvalue weighted by Crippen LogP contribution is 2.17. The van der Waals surface area contributed by atoms with Crippen LogP contribution in [0.15, 0.2) is 35.7 Å². The first-order valence-corrected chi connectivity index (χ1v) is 7.44. The largest absolute Gasteiger partial charge is 0.378 e. The lowest BCUT2D eigenvalue weighted by molar-refractivity contribution is 0.252. The molecule has 0 aliphatic heterocycles. The molecule has 0 spiro atoms. The van der Waals surface area contributed by atoms with E-state index in [0.717, 1.165) is 22.3 Å². The van der Waals surface area contributed by atoms with Crippen molar-refractivity contribution >= 4 is 29.2 Å². The molecule has 0 atom stereocenters. The third-order valence-corrected chi connectivity index (χ3v) is 3.52. The number of nitrogens with one attached hydrogen (secondary N) is 3. The molecule has 1 heterocycles. The van der Waals surface area contributed by atoms with Gasteiger partial charge < -0.3 is 15.5 Å². The third-order valence-electron chi connectivity index (χ3n) is 2.64. The molecular formula is C13H18N6OS. The van der Waals surface area contributed by atoms with Gasteiger partial charge in [-0.2, -0.15) is 5.10 Å². The summed E-state index contributed by atoms with van der Waals surface area (Å²) in [6.45, 7) is 0.546. The molecule has 0 saturated heterocycles. The minimum Gasteiger partial charge on any atom is -0.378 e. The number of aromatic nitrogens is 3. The summed E-state index contributed by atoms with van der Waals surface area (Å²) in [5.74, 6) is 0.723. The monoisotopic (exact) mass is 306 g/mol. The lowest BCUT2D eigenvalue weighted by atomic mass is 10.2. The second-order valence-corrected chi connectivity index (χ2v) is 5.55. The van der Waals surface area contributed by atoms with Crippen LogP contribution in [0.25, 0.3) is 0 Å². The zero-order valence-electron chi connectivity index (χ0n) is 12.0. The van der Waals surface area contributed by atoms with Gasteiger partial charge in [-0.25, -0.2) is 9.78 Å². The number of anilines is 2. The van der Waals surface area contributed by atoms with E-state index in [1.807, 2.05) is 43.3 Å². The number of urea groups is 1. The van der Waals surface area contributed by atoms with Crippen LogP contribution in [0.5, 0.6) is 0 Å². The van der Waals surface area contributed by atoms with E-state index in [9.17, 15) is 4.79 Å². The molecule has 0 radical (unpaired) electrons. The van der Waals surface area contributed by atoms with Crippen LogP contribution < -0.4 is 15.5 Å². The van der Waals surface area contributed by atoms with Gasteiger partial charge in [0.2, 0.25) is 0 Å². The minimum absolute atomic E-state index is 0.218. The average Bonchev–Trinajstić information content (AvgIpc) is 2.97. The number of hydrogen-bond donors (Lipinski definition) is 3. The molecule has 0 aliphatic rings. The molecular weight excluding hydrogens is 288 g/mol. The van der Waals surface area contributed by atoms with Gasteiger partial charge in [-0.1, -0.05) is 17.8 Å². The number of H-pyrrole nitrogens is 1. The van der Waals surface area contributed by atoms with Gasteiger partial charge in [0, 0.05) is 37.8 Å². The van der Waals surface area contributed by atoms with Gasteiger partial charge in [-0.3, -0.25) is 5.10 Å².